The van der Waals surface area contributed by atoms with Crippen molar-refractivity contribution in [3.63, 3.8) is 0 Å². The fourth-order valence-corrected chi connectivity index (χ4v) is 5.83. The maximum atomic E-state index is 14.0. The van der Waals surface area contributed by atoms with Crippen molar-refractivity contribution in [1.82, 2.24) is 10.2 Å². The number of carbonyl (C=O) groups excluding carboxylic acids is 2. The maximum absolute atomic E-state index is 14.0. The van der Waals surface area contributed by atoms with Gasteiger partial charge in [-0.15, -0.1) is 0 Å². The van der Waals surface area contributed by atoms with Crippen LogP contribution in [0.3, 0.4) is 0 Å². The van der Waals surface area contributed by atoms with E-state index in [1.54, 1.807) is 31.2 Å². The predicted octanol–water partition coefficient (Wildman–Crippen LogP) is 4.64. The highest BCUT2D eigenvalue weighted by Crippen LogP contribution is 2.34. The van der Waals surface area contributed by atoms with Crippen molar-refractivity contribution in [2.24, 2.45) is 5.92 Å². The molecule has 9 nitrogen and oxygen atoms in total. The Balaban J connectivity index is 1.70. The standard InChI is InChI=1S/C30H33ClFN3O6S/c1-20(2)17-33-30(37)21(3)34(18-22-4-6-23(31)7-5-22)29(36)19-35(25-10-8-24(32)9-11-25)42(38,39)26-12-13-27-28(16-26)41-15-14-40-27/h4-13,16,20-21H,14-15,17-19H2,1-3H3,(H,33,37)/t21-/m0/s1. The first kappa shape index (κ1) is 31.1. The van der Waals surface area contributed by atoms with Crippen molar-refractivity contribution in [3.8, 4) is 11.5 Å². The number of carbonyl (C=O) groups is 2. The summed E-state index contributed by atoms with van der Waals surface area (Å²) < 4.78 is 53.8. The van der Waals surface area contributed by atoms with Gasteiger partial charge in [0.1, 0.15) is 31.6 Å². The molecule has 42 heavy (non-hydrogen) atoms. The average molecular weight is 618 g/mol. The van der Waals surface area contributed by atoms with Crippen LogP contribution in [-0.2, 0) is 26.2 Å². The van der Waals surface area contributed by atoms with E-state index in [9.17, 15) is 22.4 Å². The number of rotatable bonds is 11. The molecule has 0 aromatic heterocycles. The van der Waals surface area contributed by atoms with Crippen molar-refractivity contribution in [3.05, 3.63) is 83.1 Å². The highest BCUT2D eigenvalue weighted by Gasteiger charge is 2.33. The minimum Gasteiger partial charge on any atom is -0.486 e. The largest absolute Gasteiger partial charge is 0.486 e. The lowest BCUT2D eigenvalue weighted by Gasteiger charge is -2.32. The molecule has 0 radical (unpaired) electrons. The normalized spacial score (nSPS) is 13.4. The Bertz CT molecular complexity index is 1520. The smallest absolute Gasteiger partial charge is 0.264 e. The van der Waals surface area contributed by atoms with Crippen molar-refractivity contribution < 1.29 is 31.9 Å². The fourth-order valence-electron chi connectivity index (χ4n) is 4.27. The van der Waals surface area contributed by atoms with Crippen LogP contribution in [0.2, 0.25) is 5.02 Å². The first-order chi connectivity index (χ1) is 20.0. The molecule has 0 aliphatic carbocycles. The monoisotopic (exact) mass is 617 g/mol. The van der Waals surface area contributed by atoms with Gasteiger partial charge in [0, 0.05) is 24.2 Å². The van der Waals surface area contributed by atoms with Crippen LogP contribution in [0.1, 0.15) is 26.3 Å². The SMILES string of the molecule is CC(C)CNC(=O)[C@H](C)N(Cc1ccc(Cl)cc1)C(=O)CN(c1ccc(F)cc1)S(=O)(=O)c1ccc2c(c1)OCCO2. The van der Waals surface area contributed by atoms with Crippen LogP contribution >= 0.6 is 11.6 Å². The van der Waals surface area contributed by atoms with E-state index in [2.05, 4.69) is 5.32 Å². The van der Waals surface area contributed by atoms with Crippen LogP contribution in [0, 0.1) is 11.7 Å². The van der Waals surface area contributed by atoms with Crippen molar-refractivity contribution in [2.75, 3.05) is 30.6 Å². The Morgan fingerprint density at radius 2 is 1.60 bits per heavy atom. The molecule has 12 heteroatoms. The number of benzene rings is 3. The van der Waals surface area contributed by atoms with Gasteiger partial charge in [-0.2, -0.15) is 0 Å². The summed E-state index contributed by atoms with van der Waals surface area (Å²) in [5.74, 6) is -0.739. The third-order valence-corrected chi connectivity index (χ3v) is 8.63. The molecule has 1 atom stereocenters. The molecule has 4 rings (SSSR count). The number of fused-ring (bicyclic) bond motifs is 1. The van der Waals surface area contributed by atoms with E-state index in [4.69, 9.17) is 21.1 Å². The van der Waals surface area contributed by atoms with E-state index >= 15 is 0 Å². The van der Waals surface area contributed by atoms with E-state index in [1.165, 1.54) is 35.2 Å². The number of hydrogen-bond acceptors (Lipinski definition) is 6. The summed E-state index contributed by atoms with van der Waals surface area (Å²) in [5, 5.41) is 3.34. The summed E-state index contributed by atoms with van der Waals surface area (Å²) in [7, 11) is -4.37. The van der Waals surface area contributed by atoms with Gasteiger partial charge >= 0.3 is 0 Å². The third-order valence-electron chi connectivity index (χ3n) is 6.61. The number of hydrogen-bond donors (Lipinski definition) is 1. The van der Waals surface area contributed by atoms with Gasteiger partial charge in [-0.3, -0.25) is 13.9 Å². The molecule has 0 bridgehead atoms. The average Bonchev–Trinajstić information content (AvgIpc) is 2.98. The van der Waals surface area contributed by atoms with Crippen LogP contribution in [0.25, 0.3) is 0 Å². The van der Waals surface area contributed by atoms with Crippen LogP contribution in [0.5, 0.6) is 11.5 Å². The van der Waals surface area contributed by atoms with Crippen molar-refractivity contribution in [1.29, 1.82) is 0 Å². The van der Waals surface area contributed by atoms with E-state index in [0.717, 1.165) is 16.4 Å². The van der Waals surface area contributed by atoms with Gasteiger partial charge < -0.3 is 19.7 Å². The topological polar surface area (TPSA) is 105 Å². The molecule has 1 N–H and O–H groups in total. The summed E-state index contributed by atoms with van der Waals surface area (Å²) in [4.78, 5) is 28.2. The van der Waals surface area contributed by atoms with Crippen molar-refractivity contribution in [2.45, 2.75) is 38.3 Å². The maximum Gasteiger partial charge on any atom is 0.264 e. The molecule has 0 saturated heterocycles. The Kier molecular flexibility index (Phi) is 9.95. The van der Waals surface area contributed by atoms with Crippen LogP contribution in [0.4, 0.5) is 10.1 Å². The van der Waals surface area contributed by atoms with Crippen molar-refractivity contribution >= 4 is 39.1 Å². The molecule has 3 aromatic carbocycles. The molecule has 1 aliphatic rings. The Hall–Kier alpha value is -3.83. The number of nitrogens with one attached hydrogen (secondary N) is 1. The lowest BCUT2D eigenvalue weighted by atomic mass is 10.1. The summed E-state index contributed by atoms with van der Waals surface area (Å²) >= 11 is 6.03. The minimum atomic E-state index is -4.37. The summed E-state index contributed by atoms with van der Waals surface area (Å²) in [6.45, 7) is 5.85. The zero-order valence-electron chi connectivity index (χ0n) is 23.5. The number of sulfonamides is 1. The predicted molar refractivity (Wildman–Crippen MR) is 158 cm³/mol. The summed E-state index contributed by atoms with van der Waals surface area (Å²) in [6, 6.07) is 14.8. The molecule has 2 amide bonds. The van der Waals surface area contributed by atoms with Gasteiger partial charge in [0.25, 0.3) is 10.0 Å². The minimum absolute atomic E-state index is 0.0214. The van der Waals surface area contributed by atoms with Gasteiger partial charge in [-0.25, -0.2) is 12.8 Å². The second-order valence-electron chi connectivity index (χ2n) is 10.3. The quantitative estimate of drug-likeness (QED) is 0.336. The van der Waals surface area contributed by atoms with E-state index in [-0.39, 0.29) is 41.3 Å². The molecule has 1 aliphatic heterocycles. The summed E-state index contributed by atoms with van der Waals surface area (Å²) in [5.41, 5.74) is 0.766. The second kappa shape index (κ2) is 13.4. The zero-order valence-corrected chi connectivity index (χ0v) is 25.1. The molecule has 1 heterocycles. The first-order valence-corrected chi connectivity index (χ1v) is 15.3. The molecule has 0 fully saturated rings. The Labute approximate surface area is 250 Å². The molecule has 0 saturated carbocycles. The highest BCUT2D eigenvalue weighted by molar-refractivity contribution is 7.92. The van der Waals surface area contributed by atoms with E-state index < -0.39 is 34.3 Å². The van der Waals surface area contributed by atoms with Crippen LogP contribution in [0.15, 0.2) is 71.6 Å². The number of amides is 2. The molecule has 0 unspecified atom stereocenters. The van der Waals surface area contributed by atoms with E-state index in [1.807, 2.05) is 13.8 Å². The van der Waals surface area contributed by atoms with Crippen LogP contribution < -0.4 is 19.1 Å². The first-order valence-electron chi connectivity index (χ1n) is 13.5. The van der Waals surface area contributed by atoms with Gasteiger partial charge in [-0.05, 0) is 66.9 Å². The lowest BCUT2D eigenvalue weighted by molar-refractivity contribution is -0.139. The molecular weight excluding hydrogens is 585 g/mol. The number of nitrogens with zero attached hydrogens (tertiary/aromatic N) is 2. The molecule has 224 valence electrons. The summed E-state index contributed by atoms with van der Waals surface area (Å²) in [6.07, 6.45) is 0. The number of anilines is 1. The Morgan fingerprint density at radius 1 is 0.952 bits per heavy atom. The third kappa shape index (κ3) is 7.51. The van der Waals surface area contributed by atoms with Gasteiger partial charge in [0.2, 0.25) is 11.8 Å². The Morgan fingerprint density at radius 3 is 2.24 bits per heavy atom. The van der Waals surface area contributed by atoms with Gasteiger partial charge in [0.15, 0.2) is 11.5 Å². The number of ether oxygens (including phenoxy) is 2. The zero-order chi connectivity index (χ0) is 30.4. The van der Waals surface area contributed by atoms with E-state index in [0.29, 0.717) is 29.5 Å². The fraction of sp³-hybridized carbons (Fsp3) is 0.333. The van der Waals surface area contributed by atoms with Gasteiger partial charge in [0.05, 0.1) is 10.6 Å². The second-order valence-corrected chi connectivity index (χ2v) is 12.6. The lowest BCUT2D eigenvalue weighted by Crippen LogP contribution is -2.51. The molecule has 3 aromatic rings. The van der Waals surface area contributed by atoms with Crippen LogP contribution in [-0.4, -0.2) is 57.5 Å². The number of halogens is 2. The molecule has 0 spiro atoms. The molecular formula is C30H33ClFN3O6S. The van der Waals surface area contributed by atoms with Gasteiger partial charge in [-0.1, -0.05) is 37.6 Å². The highest BCUT2D eigenvalue weighted by atomic mass is 35.5.